The molecule has 17 heavy (non-hydrogen) atoms. The number of nitrogens with two attached hydrogens (primary N) is 1. The second-order valence-corrected chi connectivity index (χ2v) is 3.91. The van der Waals surface area contributed by atoms with Crippen LogP contribution in [0.2, 0.25) is 0 Å². The zero-order chi connectivity index (χ0) is 12.3. The zero-order valence-corrected chi connectivity index (χ0v) is 10.2. The van der Waals surface area contributed by atoms with E-state index >= 15 is 0 Å². The van der Waals surface area contributed by atoms with Gasteiger partial charge in [0.1, 0.15) is 11.8 Å². The summed E-state index contributed by atoms with van der Waals surface area (Å²) in [6.45, 7) is 0. The Morgan fingerprint density at radius 1 is 1.29 bits per heavy atom. The molecule has 2 N–H and O–H groups in total. The van der Waals surface area contributed by atoms with E-state index < -0.39 is 0 Å². The van der Waals surface area contributed by atoms with Crippen molar-refractivity contribution < 1.29 is 4.74 Å². The third-order valence-corrected chi connectivity index (χ3v) is 2.80. The Labute approximate surface area is 106 Å². The molecule has 1 aromatic carbocycles. The van der Waals surface area contributed by atoms with Gasteiger partial charge in [-0.15, -0.1) is 0 Å². The van der Waals surface area contributed by atoms with E-state index in [0.717, 1.165) is 0 Å². The quantitative estimate of drug-likeness (QED) is 0.859. The molecular weight excluding hydrogens is 284 g/mol. The lowest BCUT2D eigenvalue weighted by Crippen LogP contribution is -1.93. The number of hydrogen-bond acceptors (Lipinski definition) is 5. The van der Waals surface area contributed by atoms with E-state index in [4.69, 9.17) is 15.7 Å². The highest BCUT2D eigenvalue weighted by molar-refractivity contribution is 9.10. The fourth-order valence-corrected chi connectivity index (χ4v) is 1.49. The Kier molecular flexibility index (Phi) is 3.21. The maximum absolute atomic E-state index is 8.58. The van der Waals surface area contributed by atoms with Crippen LogP contribution in [0.15, 0.2) is 35.1 Å². The average molecular weight is 291 g/mol. The molecule has 0 saturated carbocycles. The minimum Gasteiger partial charge on any atom is -0.436 e. The highest BCUT2D eigenvalue weighted by Crippen LogP contribution is 2.32. The predicted octanol–water partition coefficient (Wildman–Crippen LogP) is 2.49. The lowest BCUT2D eigenvalue weighted by atomic mass is 10.3. The van der Waals surface area contributed by atoms with Crippen LogP contribution >= 0.6 is 15.9 Å². The van der Waals surface area contributed by atoms with Gasteiger partial charge in [0.25, 0.3) is 0 Å². The molecule has 0 aliphatic rings. The van der Waals surface area contributed by atoms with Crippen molar-refractivity contribution in [3.8, 4) is 17.7 Å². The first-order valence-electron chi connectivity index (χ1n) is 4.64. The Morgan fingerprint density at radius 3 is 2.76 bits per heavy atom. The Balaban J connectivity index is 2.26. The third kappa shape index (κ3) is 2.52. The number of rotatable bonds is 2. The molecule has 2 rings (SSSR count). The Hall–Kier alpha value is -2.13. The van der Waals surface area contributed by atoms with Gasteiger partial charge in [0, 0.05) is 5.69 Å². The Bertz CT molecular complexity index is 577. The standard InChI is InChI=1S/C11H7BrN4O/c12-11-8(14)2-1-3-9(11)17-10-6-15-7(4-13)5-16-10/h1-3,5-6H,14H2. The molecule has 0 saturated heterocycles. The molecule has 5 nitrogen and oxygen atoms in total. The second kappa shape index (κ2) is 4.80. The van der Waals surface area contributed by atoms with Crippen LogP contribution in [0, 0.1) is 11.3 Å². The Morgan fingerprint density at radius 2 is 2.12 bits per heavy atom. The van der Waals surface area contributed by atoms with Crippen molar-refractivity contribution in [1.82, 2.24) is 9.97 Å². The molecule has 0 atom stereocenters. The van der Waals surface area contributed by atoms with Crippen molar-refractivity contribution in [3.05, 3.63) is 40.8 Å². The first kappa shape index (κ1) is 11.4. The highest BCUT2D eigenvalue weighted by atomic mass is 79.9. The number of aromatic nitrogens is 2. The first-order valence-corrected chi connectivity index (χ1v) is 5.44. The summed E-state index contributed by atoms with van der Waals surface area (Å²) >= 11 is 3.32. The second-order valence-electron chi connectivity index (χ2n) is 3.11. The zero-order valence-electron chi connectivity index (χ0n) is 8.59. The van der Waals surface area contributed by atoms with Gasteiger partial charge in [0.15, 0.2) is 5.69 Å². The van der Waals surface area contributed by atoms with Crippen molar-refractivity contribution >= 4 is 21.6 Å². The minimum absolute atomic E-state index is 0.240. The minimum atomic E-state index is 0.240. The van der Waals surface area contributed by atoms with E-state index in [1.54, 1.807) is 18.2 Å². The number of halogens is 1. The smallest absolute Gasteiger partial charge is 0.237 e. The molecule has 84 valence electrons. The van der Waals surface area contributed by atoms with Crippen LogP contribution in [0.5, 0.6) is 11.6 Å². The van der Waals surface area contributed by atoms with Crippen LogP contribution < -0.4 is 10.5 Å². The maximum Gasteiger partial charge on any atom is 0.237 e. The third-order valence-electron chi connectivity index (χ3n) is 1.95. The first-order chi connectivity index (χ1) is 8.20. The molecule has 6 heteroatoms. The number of hydrogen-bond donors (Lipinski definition) is 1. The van der Waals surface area contributed by atoms with Gasteiger partial charge in [-0.1, -0.05) is 6.07 Å². The van der Waals surface area contributed by atoms with Crippen molar-refractivity contribution in [3.63, 3.8) is 0 Å². The van der Waals surface area contributed by atoms with E-state index in [1.807, 2.05) is 6.07 Å². The lowest BCUT2D eigenvalue weighted by molar-refractivity contribution is 0.457. The van der Waals surface area contributed by atoms with Gasteiger partial charge in [-0.05, 0) is 28.1 Å². The van der Waals surface area contributed by atoms with E-state index in [-0.39, 0.29) is 5.69 Å². The summed E-state index contributed by atoms with van der Waals surface area (Å²) in [6, 6.07) is 7.15. The SMILES string of the molecule is N#Cc1cnc(Oc2cccc(N)c2Br)cn1. The molecule has 0 amide bonds. The molecule has 1 heterocycles. The highest BCUT2D eigenvalue weighted by Gasteiger charge is 2.06. The summed E-state index contributed by atoms with van der Waals surface area (Å²) < 4.78 is 6.14. The van der Waals surface area contributed by atoms with E-state index in [9.17, 15) is 0 Å². The molecule has 0 fully saturated rings. The molecule has 2 aromatic rings. The van der Waals surface area contributed by atoms with Gasteiger partial charge in [0.05, 0.1) is 16.9 Å². The van der Waals surface area contributed by atoms with Crippen LogP contribution in [-0.2, 0) is 0 Å². The van der Waals surface area contributed by atoms with Gasteiger partial charge in [0.2, 0.25) is 5.88 Å². The molecule has 0 unspecified atom stereocenters. The summed E-state index contributed by atoms with van der Waals surface area (Å²) in [5.41, 5.74) is 6.53. The van der Waals surface area contributed by atoms with E-state index in [0.29, 0.717) is 21.8 Å². The lowest BCUT2D eigenvalue weighted by Gasteiger charge is -2.07. The van der Waals surface area contributed by atoms with Gasteiger partial charge >= 0.3 is 0 Å². The van der Waals surface area contributed by atoms with E-state index in [2.05, 4.69) is 25.9 Å². The fraction of sp³-hybridized carbons (Fsp3) is 0. The molecule has 0 aliphatic heterocycles. The summed E-state index contributed by atoms with van der Waals surface area (Å²) in [4.78, 5) is 7.80. The van der Waals surface area contributed by atoms with Crippen molar-refractivity contribution in [2.75, 3.05) is 5.73 Å². The van der Waals surface area contributed by atoms with Gasteiger partial charge in [-0.3, -0.25) is 0 Å². The van der Waals surface area contributed by atoms with Gasteiger partial charge in [-0.2, -0.15) is 5.26 Å². The monoisotopic (exact) mass is 290 g/mol. The number of anilines is 1. The van der Waals surface area contributed by atoms with E-state index in [1.165, 1.54) is 12.4 Å². The normalized spacial score (nSPS) is 9.65. The van der Waals surface area contributed by atoms with Crippen LogP contribution in [0.1, 0.15) is 5.69 Å². The molecule has 0 radical (unpaired) electrons. The van der Waals surface area contributed by atoms with Crippen molar-refractivity contribution in [2.24, 2.45) is 0 Å². The predicted molar refractivity (Wildman–Crippen MR) is 65.4 cm³/mol. The molecule has 1 aromatic heterocycles. The van der Waals surface area contributed by atoms with Crippen molar-refractivity contribution in [1.29, 1.82) is 5.26 Å². The van der Waals surface area contributed by atoms with Crippen molar-refractivity contribution in [2.45, 2.75) is 0 Å². The fourth-order valence-electron chi connectivity index (χ4n) is 1.15. The summed E-state index contributed by atoms with van der Waals surface area (Å²) in [5, 5.41) is 8.58. The number of nitrogen functional groups attached to an aromatic ring is 1. The summed E-state index contributed by atoms with van der Waals surface area (Å²) in [6.07, 6.45) is 2.73. The molecule has 0 aliphatic carbocycles. The summed E-state index contributed by atoms with van der Waals surface area (Å²) in [7, 11) is 0. The average Bonchev–Trinajstić information content (AvgIpc) is 2.36. The number of nitrogens with zero attached hydrogens (tertiary/aromatic N) is 3. The largest absolute Gasteiger partial charge is 0.436 e. The van der Waals surface area contributed by atoms with Crippen LogP contribution in [0.25, 0.3) is 0 Å². The van der Waals surface area contributed by atoms with Crippen LogP contribution in [0.3, 0.4) is 0 Å². The topological polar surface area (TPSA) is 84.8 Å². The molecular formula is C11H7BrN4O. The molecule has 0 bridgehead atoms. The van der Waals surface area contributed by atoms with Gasteiger partial charge < -0.3 is 10.5 Å². The van der Waals surface area contributed by atoms with Crippen LogP contribution in [0.4, 0.5) is 5.69 Å². The number of benzene rings is 1. The number of nitriles is 1. The summed E-state index contributed by atoms with van der Waals surface area (Å²) in [5.74, 6) is 0.847. The number of ether oxygens (including phenoxy) is 1. The molecule has 0 spiro atoms. The van der Waals surface area contributed by atoms with Gasteiger partial charge in [-0.25, -0.2) is 9.97 Å². The maximum atomic E-state index is 8.58. The van der Waals surface area contributed by atoms with Crippen LogP contribution in [-0.4, -0.2) is 9.97 Å².